The summed E-state index contributed by atoms with van der Waals surface area (Å²) in [6.07, 6.45) is 8.72. The lowest BCUT2D eigenvalue weighted by atomic mass is 9.97. The first-order valence-corrected chi connectivity index (χ1v) is 18.5. The van der Waals surface area contributed by atoms with Crippen LogP contribution in [0, 0.1) is 0 Å². The summed E-state index contributed by atoms with van der Waals surface area (Å²) >= 11 is 0. The molecule has 4 nitrogen and oxygen atoms in total. The van der Waals surface area contributed by atoms with Gasteiger partial charge in [0.2, 0.25) is 0 Å². The van der Waals surface area contributed by atoms with Crippen LogP contribution >= 0.6 is 0 Å². The molecule has 0 radical (unpaired) electrons. The van der Waals surface area contributed by atoms with Gasteiger partial charge in [0.05, 0.1) is 17.1 Å². The number of para-hydroxylation sites is 1. The molecule has 0 spiro atoms. The monoisotopic (exact) mass is 680 g/mol. The highest BCUT2D eigenvalue weighted by atomic mass is 15.2. The second-order valence-electron chi connectivity index (χ2n) is 14.2. The summed E-state index contributed by atoms with van der Waals surface area (Å²) in [5.74, 6) is 0. The fraction of sp³-hybridized carbons (Fsp3) is 0.0612. The van der Waals surface area contributed by atoms with E-state index in [9.17, 15) is 0 Å². The molecule has 7 aromatic carbocycles. The van der Waals surface area contributed by atoms with E-state index < -0.39 is 0 Å². The topological polar surface area (TPSA) is 41.0 Å². The van der Waals surface area contributed by atoms with Gasteiger partial charge in [0.1, 0.15) is 6.17 Å². The van der Waals surface area contributed by atoms with Crippen molar-refractivity contribution in [3.63, 3.8) is 0 Å². The molecule has 4 heteroatoms. The third kappa shape index (κ3) is 4.80. The van der Waals surface area contributed by atoms with Crippen molar-refractivity contribution in [3.8, 4) is 27.9 Å². The SMILES string of the molecule is C1=CC(c2ccc(C3=CC(c4ccc(-n5c6ccccc6c6c7cccc8c7c(cc65)-c5ccccc5-8)cc4)NC(c4ccccc4)N3)cc2)=CNC1. The van der Waals surface area contributed by atoms with E-state index in [4.69, 9.17) is 0 Å². The van der Waals surface area contributed by atoms with Gasteiger partial charge in [0.15, 0.2) is 0 Å². The summed E-state index contributed by atoms with van der Waals surface area (Å²) < 4.78 is 2.45. The Labute approximate surface area is 308 Å². The Morgan fingerprint density at radius 3 is 2.08 bits per heavy atom. The van der Waals surface area contributed by atoms with Gasteiger partial charge in [-0.25, -0.2) is 0 Å². The van der Waals surface area contributed by atoms with Crippen molar-refractivity contribution in [3.05, 3.63) is 198 Å². The Balaban J connectivity index is 1.01. The van der Waals surface area contributed by atoms with E-state index in [1.54, 1.807) is 0 Å². The predicted molar refractivity (Wildman–Crippen MR) is 220 cm³/mol. The minimum atomic E-state index is -0.0416. The Kier molecular flexibility index (Phi) is 6.79. The quantitative estimate of drug-likeness (QED) is 0.169. The van der Waals surface area contributed by atoms with Crippen LogP contribution in [0.2, 0.25) is 0 Å². The minimum Gasteiger partial charge on any atom is -0.387 e. The van der Waals surface area contributed by atoms with Gasteiger partial charge in [-0.2, -0.15) is 0 Å². The highest BCUT2D eigenvalue weighted by Gasteiger charge is 2.27. The summed E-state index contributed by atoms with van der Waals surface area (Å²) in [6.45, 7) is 0.876. The van der Waals surface area contributed by atoms with Gasteiger partial charge in [-0.15, -0.1) is 0 Å². The summed E-state index contributed by atoms with van der Waals surface area (Å²) in [7, 11) is 0. The minimum absolute atomic E-state index is 0.0103. The molecule has 0 bridgehead atoms. The number of benzene rings is 7. The fourth-order valence-corrected chi connectivity index (χ4v) is 8.77. The number of dihydropyridines is 1. The lowest BCUT2D eigenvalue weighted by Gasteiger charge is -2.33. The van der Waals surface area contributed by atoms with Gasteiger partial charge in [-0.3, -0.25) is 5.32 Å². The average Bonchev–Trinajstić information content (AvgIpc) is 3.75. The van der Waals surface area contributed by atoms with Crippen molar-refractivity contribution in [1.29, 1.82) is 0 Å². The van der Waals surface area contributed by atoms with E-state index in [0.29, 0.717) is 0 Å². The molecule has 3 N–H and O–H groups in total. The molecule has 1 aromatic heterocycles. The number of nitrogens with one attached hydrogen (secondary N) is 3. The normalized spacial score (nSPS) is 17.4. The molecule has 0 saturated carbocycles. The number of allylic oxidation sites excluding steroid dienone is 2. The van der Waals surface area contributed by atoms with Crippen molar-refractivity contribution >= 4 is 43.8 Å². The predicted octanol–water partition coefficient (Wildman–Crippen LogP) is 11.1. The van der Waals surface area contributed by atoms with Crippen molar-refractivity contribution in [2.24, 2.45) is 0 Å². The van der Waals surface area contributed by atoms with Crippen LogP contribution in [-0.4, -0.2) is 11.1 Å². The highest BCUT2D eigenvalue weighted by Crippen LogP contribution is 2.51. The maximum atomic E-state index is 3.89. The molecule has 0 saturated heterocycles. The Hall–Kier alpha value is -6.62. The lowest BCUT2D eigenvalue weighted by Crippen LogP contribution is -2.39. The van der Waals surface area contributed by atoms with Crippen LogP contribution in [0.1, 0.15) is 34.5 Å². The Bertz CT molecular complexity index is 2820. The molecule has 2 unspecified atom stereocenters. The van der Waals surface area contributed by atoms with Crippen LogP contribution in [0.3, 0.4) is 0 Å². The summed E-state index contributed by atoms with van der Waals surface area (Å²) in [4.78, 5) is 0. The first-order valence-electron chi connectivity index (χ1n) is 18.5. The number of fused-ring (bicyclic) bond motifs is 7. The zero-order chi connectivity index (χ0) is 34.9. The van der Waals surface area contributed by atoms with Crippen LogP contribution in [0.5, 0.6) is 0 Å². The van der Waals surface area contributed by atoms with Gasteiger partial charge in [0, 0.05) is 34.9 Å². The molecule has 8 aromatic rings. The molecule has 3 heterocycles. The van der Waals surface area contributed by atoms with E-state index in [2.05, 4.69) is 197 Å². The molecule has 0 fully saturated rings. The van der Waals surface area contributed by atoms with Crippen LogP contribution in [0.4, 0.5) is 0 Å². The number of rotatable bonds is 5. The molecular weight excluding hydrogens is 645 g/mol. The molecule has 252 valence electrons. The standard InChI is InChI=1S/C49H36N4/c1-2-10-34(11-3-1)49-51-43(32-21-19-31(20-22-32)35-12-9-27-50-30-35)29-44(52-49)33-23-25-36(26-24-33)53-45-18-7-6-15-40(45)48-41-17-8-16-39-37-13-4-5-14-38(37)42(47(39)41)28-46(48)53/h1-26,28-30,44,49-52H,27H2. The third-order valence-corrected chi connectivity index (χ3v) is 11.2. The average molecular weight is 681 g/mol. The smallest absolute Gasteiger partial charge is 0.104 e. The zero-order valence-electron chi connectivity index (χ0n) is 29.1. The van der Waals surface area contributed by atoms with E-state index >= 15 is 0 Å². The van der Waals surface area contributed by atoms with Gasteiger partial charge >= 0.3 is 0 Å². The first-order chi connectivity index (χ1) is 26.3. The van der Waals surface area contributed by atoms with Crippen molar-refractivity contribution in [1.82, 2.24) is 20.5 Å². The van der Waals surface area contributed by atoms with Crippen LogP contribution in [-0.2, 0) is 0 Å². The molecule has 0 amide bonds. The van der Waals surface area contributed by atoms with Crippen LogP contribution < -0.4 is 16.0 Å². The number of hydrogen-bond donors (Lipinski definition) is 3. The van der Waals surface area contributed by atoms with Crippen molar-refractivity contribution < 1.29 is 0 Å². The maximum Gasteiger partial charge on any atom is 0.104 e. The molecule has 1 aliphatic carbocycles. The van der Waals surface area contributed by atoms with E-state index in [1.165, 1.54) is 82.7 Å². The molecule has 2 atom stereocenters. The van der Waals surface area contributed by atoms with Gasteiger partial charge in [0.25, 0.3) is 0 Å². The zero-order valence-corrected chi connectivity index (χ0v) is 29.1. The van der Waals surface area contributed by atoms with Gasteiger partial charge in [-0.05, 0) is 91.2 Å². The highest BCUT2D eigenvalue weighted by molar-refractivity contribution is 6.29. The summed E-state index contributed by atoms with van der Waals surface area (Å²) in [5.41, 5.74) is 16.0. The van der Waals surface area contributed by atoms with Crippen LogP contribution in [0.25, 0.3) is 71.8 Å². The van der Waals surface area contributed by atoms with E-state index in [1.807, 2.05) is 0 Å². The lowest BCUT2D eigenvalue weighted by molar-refractivity contribution is 0.442. The van der Waals surface area contributed by atoms with Crippen molar-refractivity contribution in [2.45, 2.75) is 12.2 Å². The molecule has 3 aliphatic rings. The van der Waals surface area contributed by atoms with Gasteiger partial charge < -0.3 is 15.2 Å². The van der Waals surface area contributed by atoms with E-state index in [0.717, 1.165) is 17.9 Å². The van der Waals surface area contributed by atoms with Gasteiger partial charge in [-0.1, -0.05) is 140 Å². The molecule has 53 heavy (non-hydrogen) atoms. The second kappa shape index (κ2) is 12.0. The first kappa shape index (κ1) is 30.0. The summed E-state index contributed by atoms with van der Waals surface area (Å²) in [6, 6.07) is 55.6. The molecular formula is C49H36N4. The Morgan fingerprint density at radius 2 is 1.26 bits per heavy atom. The fourth-order valence-electron chi connectivity index (χ4n) is 8.77. The largest absolute Gasteiger partial charge is 0.387 e. The van der Waals surface area contributed by atoms with Crippen LogP contribution in [0.15, 0.2) is 176 Å². The number of hydrogen-bond acceptors (Lipinski definition) is 3. The second-order valence-corrected chi connectivity index (χ2v) is 14.2. The molecule has 11 rings (SSSR count). The number of nitrogens with zero attached hydrogens (tertiary/aromatic N) is 1. The Morgan fingerprint density at radius 1 is 0.547 bits per heavy atom. The van der Waals surface area contributed by atoms with Crippen molar-refractivity contribution in [2.75, 3.05) is 6.54 Å². The third-order valence-electron chi connectivity index (χ3n) is 11.2. The maximum absolute atomic E-state index is 3.89. The molecule has 2 aliphatic heterocycles. The number of aromatic nitrogens is 1. The van der Waals surface area contributed by atoms with E-state index in [-0.39, 0.29) is 12.2 Å². The summed E-state index contributed by atoms with van der Waals surface area (Å²) in [5, 5.41) is 16.3.